The van der Waals surface area contributed by atoms with Crippen molar-refractivity contribution < 1.29 is 9.53 Å². The molecule has 2 rings (SSSR count). The summed E-state index contributed by atoms with van der Waals surface area (Å²) in [6, 6.07) is 0. The number of fused-ring (bicyclic) bond motifs is 1. The molecule has 0 radical (unpaired) electrons. The molecule has 0 bridgehead atoms. The molecule has 0 amide bonds. The maximum absolute atomic E-state index is 11.7. The molecule has 2 heterocycles. The number of thioether (sulfide) groups is 1. The van der Waals surface area contributed by atoms with E-state index in [4.69, 9.17) is 4.74 Å². The molecule has 1 N–H and O–H groups in total. The molecule has 0 atom stereocenters. The van der Waals surface area contributed by atoms with Crippen molar-refractivity contribution in [3.63, 3.8) is 0 Å². The van der Waals surface area contributed by atoms with Crippen LogP contribution in [0.25, 0.3) is 0 Å². The molecule has 0 aromatic rings. The first-order chi connectivity index (χ1) is 7.77. The van der Waals surface area contributed by atoms with Gasteiger partial charge in [-0.25, -0.2) is 10.2 Å². The number of hydrogen-bond donors (Lipinski definition) is 1. The first-order valence-electron chi connectivity index (χ1n) is 5.18. The van der Waals surface area contributed by atoms with Gasteiger partial charge in [0.15, 0.2) is 0 Å². The molecule has 0 aromatic heterocycles. The SMILES string of the molecule is CCOC(=O)C1=CC=C2SCC=C2N1NC. The van der Waals surface area contributed by atoms with Gasteiger partial charge in [0.1, 0.15) is 5.70 Å². The van der Waals surface area contributed by atoms with Gasteiger partial charge in [0.2, 0.25) is 0 Å². The van der Waals surface area contributed by atoms with Crippen LogP contribution >= 0.6 is 11.8 Å². The number of carbonyl (C=O) groups excluding carboxylic acids is 1. The van der Waals surface area contributed by atoms with Gasteiger partial charge in [-0.2, -0.15) is 0 Å². The Balaban J connectivity index is 2.28. The minimum atomic E-state index is -0.301. The van der Waals surface area contributed by atoms with Gasteiger partial charge in [-0.15, -0.1) is 11.8 Å². The number of carbonyl (C=O) groups is 1. The van der Waals surface area contributed by atoms with Crippen LogP contribution in [0.1, 0.15) is 6.92 Å². The van der Waals surface area contributed by atoms with Crippen LogP contribution in [-0.4, -0.2) is 30.4 Å². The zero-order chi connectivity index (χ0) is 11.5. The first-order valence-corrected chi connectivity index (χ1v) is 6.16. The molecular weight excluding hydrogens is 224 g/mol. The Hall–Kier alpha value is -1.20. The number of esters is 1. The monoisotopic (exact) mass is 238 g/mol. The lowest BCUT2D eigenvalue weighted by atomic mass is 10.2. The van der Waals surface area contributed by atoms with Crippen LogP contribution in [0.5, 0.6) is 0 Å². The summed E-state index contributed by atoms with van der Waals surface area (Å²) in [7, 11) is 1.79. The summed E-state index contributed by atoms with van der Waals surface area (Å²) in [5.74, 6) is 0.647. The summed E-state index contributed by atoms with van der Waals surface area (Å²) in [4.78, 5) is 12.9. The quantitative estimate of drug-likeness (QED) is 0.753. The van der Waals surface area contributed by atoms with Gasteiger partial charge in [-0.05, 0) is 25.2 Å². The second-order valence-electron chi connectivity index (χ2n) is 3.26. The molecule has 0 fully saturated rings. The minimum absolute atomic E-state index is 0.301. The fourth-order valence-electron chi connectivity index (χ4n) is 1.68. The predicted octanol–water partition coefficient (Wildman–Crippen LogP) is 1.40. The van der Waals surface area contributed by atoms with Gasteiger partial charge in [0.05, 0.1) is 12.3 Å². The maximum atomic E-state index is 11.7. The van der Waals surface area contributed by atoms with E-state index >= 15 is 0 Å². The predicted molar refractivity (Wildman–Crippen MR) is 64.2 cm³/mol. The molecule has 0 saturated heterocycles. The van der Waals surface area contributed by atoms with E-state index in [0.29, 0.717) is 12.3 Å². The van der Waals surface area contributed by atoms with Gasteiger partial charge in [-0.3, -0.25) is 5.01 Å². The third kappa shape index (κ3) is 1.88. The Morgan fingerprint density at radius 2 is 2.44 bits per heavy atom. The molecule has 0 unspecified atom stereocenters. The van der Waals surface area contributed by atoms with Crippen LogP contribution in [0.3, 0.4) is 0 Å². The third-order valence-corrected chi connectivity index (χ3v) is 3.34. The van der Waals surface area contributed by atoms with Crippen LogP contribution in [0.15, 0.2) is 34.5 Å². The van der Waals surface area contributed by atoms with Crippen molar-refractivity contribution in [2.45, 2.75) is 6.92 Å². The molecule has 0 aromatic carbocycles. The zero-order valence-corrected chi connectivity index (χ0v) is 10.1. The first kappa shape index (κ1) is 11.3. The molecule has 0 aliphatic carbocycles. The normalized spacial score (nSPS) is 18.6. The van der Waals surface area contributed by atoms with Gasteiger partial charge >= 0.3 is 5.97 Å². The Kier molecular flexibility index (Phi) is 3.36. The van der Waals surface area contributed by atoms with Crippen LogP contribution in [-0.2, 0) is 9.53 Å². The molecule has 4 nitrogen and oxygen atoms in total. The number of hydrogen-bond acceptors (Lipinski definition) is 5. The Morgan fingerprint density at radius 3 is 3.12 bits per heavy atom. The maximum Gasteiger partial charge on any atom is 0.356 e. The highest BCUT2D eigenvalue weighted by Crippen LogP contribution is 2.37. The van der Waals surface area contributed by atoms with Crippen LogP contribution in [0.4, 0.5) is 0 Å². The average Bonchev–Trinajstić information content (AvgIpc) is 2.75. The van der Waals surface area contributed by atoms with Crippen molar-refractivity contribution >= 4 is 17.7 Å². The lowest BCUT2D eigenvalue weighted by molar-refractivity contribution is -0.140. The zero-order valence-electron chi connectivity index (χ0n) is 9.32. The molecule has 16 heavy (non-hydrogen) atoms. The second-order valence-corrected chi connectivity index (χ2v) is 4.32. The number of allylic oxidation sites excluding steroid dienone is 2. The molecule has 2 aliphatic heterocycles. The van der Waals surface area contributed by atoms with Crippen molar-refractivity contribution in [1.29, 1.82) is 0 Å². The number of nitrogens with zero attached hydrogens (tertiary/aromatic N) is 1. The molecule has 2 aliphatic rings. The third-order valence-electron chi connectivity index (χ3n) is 2.35. The average molecular weight is 238 g/mol. The van der Waals surface area contributed by atoms with Gasteiger partial charge in [0, 0.05) is 17.7 Å². The van der Waals surface area contributed by atoms with Gasteiger partial charge in [-0.1, -0.05) is 0 Å². The highest BCUT2D eigenvalue weighted by Gasteiger charge is 2.28. The van der Waals surface area contributed by atoms with E-state index in [2.05, 4.69) is 11.5 Å². The standard InChI is InChI=1S/C11H14N2O2S/c1-3-15-11(14)9-4-5-10-8(6-7-16-10)13(9)12-2/h4-6,12H,3,7H2,1-2H3. The van der Waals surface area contributed by atoms with Crippen molar-refractivity contribution in [2.75, 3.05) is 19.4 Å². The van der Waals surface area contributed by atoms with E-state index in [0.717, 1.165) is 11.4 Å². The van der Waals surface area contributed by atoms with Gasteiger partial charge < -0.3 is 4.74 Å². The molecule has 5 heteroatoms. The summed E-state index contributed by atoms with van der Waals surface area (Å²) in [6.07, 6.45) is 5.85. The van der Waals surface area contributed by atoms with Crippen LogP contribution in [0.2, 0.25) is 0 Å². The summed E-state index contributed by atoms with van der Waals surface area (Å²) in [5.41, 5.74) is 4.58. The lowest BCUT2D eigenvalue weighted by Crippen LogP contribution is -2.38. The molecule has 0 saturated carbocycles. The Morgan fingerprint density at radius 1 is 1.62 bits per heavy atom. The van der Waals surface area contributed by atoms with Crippen molar-refractivity contribution in [2.24, 2.45) is 0 Å². The largest absolute Gasteiger partial charge is 0.461 e. The van der Waals surface area contributed by atoms with E-state index < -0.39 is 0 Å². The molecular formula is C11H14N2O2S. The van der Waals surface area contributed by atoms with E-state index in [1.165, 1.54) is 4.91 Å². The summed E-state index contributed by atoms with van der Waals surface area (Å²) >= 11 is 1.76. The van der Waals surface area contributed by atoms with Crippen LogP contribution in [0, 0.1) is 0 Å². The molecule has 0 spiro atoms. The summed E-state index contributed by atoms with van der Waals surface area (Å²) in [6.45, 7) is 2.19. The number of rotatable bonds is 3. The van der Waals surface area contributed by atoms with Crippen LogP contribution < -0.4 is 5.43 Å². The van der Waals surface area contributed by atoms with E-state index in [9.17, 15) is 4.79 Å². The van der Waals surface area contributed by atoms with Gasteiger partial charge in [0.25, 0.3) is 0 Å². The van der Waals surface area contributed by atoms with Crippen molar-refractivity contribution in [3.05, 3.63) is 34.5 Å². The van der Waals surface area contributed by atoms with E-state index in [1.54, 1.807) is 36.8 Å². The smallest absolute Gasteiger partial charge is 0.356 e. The Labute approximate surface area is 99.0 Å². The van der Waals surface area contributed by atoms with Crippen molar-refractivity contribution in [1.82, 2.24) is 10.4 Å². The lowest BCUT2D eigenvalue weighted by Gasteiger charge is -2.28. The topological polar surface area (TPSA) is 41.6 Å². The minimum Gasteiger partial charge on any atom is -0.461 e. The van der Waals surface area contributed by atoms with E-state index in [-0.39, 0.29) is 5.97 Å². The Bertz CT molecular complexity index is 399. The number of nitrogens with one attached hydrogen (secondary N) is 1. The fraction of sp³-hybridized carbons (Fsp3) is 0.364. The van der Waals surface area contributed by atoms with Crippen molar-refractivity contribution in [3.8, 4) is 0 Å². The highest BCUT2D eigenvalue weighted by atomic mass is 32.2. The highest BCUT2D eigenvalue weighted by molar-refractivity contribution is 8.03. The summed E-state index contributed by atoms with van der Waals surface area (Å²) < 4.78 is 5.01. The number of hydrazine groups is 1. The number of ether oxygens (including phenoxy) is 1. The van der Waals surface area contributed by atoms with E-state index in [1.807, 2.05) is 6.08 Å². The molecule has 86 valence electrons. The summed E-state index contributed by atoms with van der Waals surface area (Å²) in [5, 5.41) is 1.77. The fourth-order valence-corrected chi connectivity index (χ4v) is 2.59. The second kappa shape index (κ2) is 4.76.